The van der Waals surface area contributed by atoms with Crippen LogP contribution >= 0.6 is 0 Å². The molecule has 0 heterocycles. The van der Waals surface area contributed by atoms with Crippen LogP contribution in [0.4, 0.5) is 8.78 Å². The van der Waals surface area contributed by atoms with E-state index < -0.39 is 11.6 Å². The summed E-state index contributed by atoms with van der Waals surface area (Å²) in [6.07, 6.45) is 3.57. The maximum Gasteiger partial charge on any atom is 0.163 e. The third-order valence-corrected chi connectivity index (χ3v) is 3.76. The number of benzene rings is 1. The Kier molecular flexibility index (Phi) is 5.49. The van der Waals surface area contributed by atoms with Crippen molar-refractivity contribution in [1.29, 1.82) is 0 Å². The molecule has 2 nitrogen and oxygen atoms in total. The van der Waals surface area contributed by atoms with Gasteiger partial charge in [0.1, 0.15) is 0 Å². The van der Waals surface area contributed by atoms with Crippen LogP contribution in [0.25, 0.3) is 0 Å². The Bertz CT molecular complexity index is 432. The second-order valence-electron chi connectivity index (χ2n) is 5.81. The standard InChI is InChI=1S/C16H24F2N2/c1-3-9-19-15(11-20(2)10-12-7-8-12)13-5-4-6-14(17)16(13)18/h4-6,12,15,19H,3,7-11H2,1-2H3. The summed E-state index contributed by atoms with van der Waals surface area (Å²) in [6, 6.07) is 4.27. The van der Waals surface area contributed by atoms with Gasteiger partial charge in [0.05, 0.1) is 0 Å². The Morgan fingerprint density at radius 1 is 1.35 bits per heavy atom. The van der Waals surface area contributed by atoms with Gasteiger partial charge in [0.2, 0.25) is 0 Å². The number of nitrogens with zero attached hydrogens (tertiary/aromatic N) is 1. The summed E-state index contributed by atoms with van der Waals surface area (Å²) in [6.45, 7) is 4.62. The molecule has 1 fully saturated rings. The first kappa shape index (κ1) is 15.4. The zero-order valence-corrected chi connectivity index (χ0v) is 12.3. The number of hydrogen-bond donors (Lipinski definition) is 1. The molecule has 1 atom stereocenters. The first-order valence-corrected chi connectivity index (χ1v) is 7.47. The lowest BCUT2D eigenvalue weighted by molar-refractivity contribution is 0.276. The first-order valence-electron chi connectivity index (χ1n) is 7.47. The van der Waals surface area contributed by atoms with Gasteiger partial charge in [-0.05, 0) is 44.8 Å². The van der Waals surface area contributed by atoms with Crippen molar-refractivity contribution >= 4 is 0 Å². The highest BCUT2D eigenvalue weighted by Gasteiger charge is 2.25. The average Bonchev–Trinajstić information content (AvgIpc) is 3.22. The Labute approximate surface area is 120 Å². The molecule has 1 aromatic rings. The average molecular weight is 282 g/mol. The molecule has 0 bridgehead atoms. The smallest absolute Gasteiger partial charge is 0.163 e. The van der Waals surface area contributed by atoms with Gasteiger partial charge in [-0.25, -0.2) is 8.78 Å². The monoisotopic (exact) mass is 282 g/mol. The van der Waals surface area contributed by atoms with E-state index in [4.69, 9.17) is 0 Å². The molecule has 1 unspecified atom stereocenters. The zero-order valence-electron chi connectivity index (χ0n) is 12.3. The molecule has 20 heavy (non-hydrogen) atoms. The minimum Gasteiger partial charge on any atom is -0.309 e. The Hall–Kier alpha value is -1.00. The molecule has 1 aromatic carbocycles. The number of rotatable bonds is 8. The molecule has 0 aromatic heterocycles. The van der Waals surface area contributed by atoms with Crippen molar-refractivity contribution in [3.8, 4) is 0 Å². The summed E-state index contributed by atoms with van der Waals surface area (Å²) in [4.78, 5) is 2.22. The zero-order chi connectivity index (χ0) is 14.5. The fourth-order valence-electron chi connectivity index (χ4n) is 2.51. The molecule has 0 spiro atoms. The summed E-state index contributed by atoms with van der Waals surface area (Å²) >= 11 is 0. The second-order valence-corrected chi connectivity index (χ2v) is 5.81. The molecule has 1 aliphatic rings. The van der Waals surface area contributed by atoms with Crippen LogP contribution in [-0.2, 0) is 0 Å². The van der Waals surface area contributed by atoms with Crippen LogP contribution in [0.15, 0.2) is 18.2 Å². The first-order chi connectivity index (χ1) is 9.61. The van der Waals surface area contributed by atoms with E-state index in [0.717, 1.165) is 25.4 Å². The summed E-state index contributed by atoms with van der Waals surface area (Å²) in [5, 5.41) is 3.33. The van der Waals surface area contributed by atoms with E-state index in [0.29, 0.717) is 12.1 Å². The largest absolute Gasteiger partial charge is 0.309 e. The molecule has 0 amide bonds. The normalized spacial score (nSPS) is 16.6. The highest BCUT2D eigenvalue weighted by molar-refractivity contribution is 5.23. The summed E-state index contributed by atoms with van der Waals surface area (Å²) in [7, 11) is 2.05. The van der Waals surface area contributed by atoms with Gasteiger partial charge in [-0.3, -0.25) is 0 Å². The van der Waals surface area contributed by atoms with Gasteiger partial charge < -0.3 is 10.2 Å². The minimum atomic E-state index is -0.768. The van der Waals surface area contributed by atoms with Crippen LogP contribution < -0.4 is 5.32 Å². The van der Waals surface area contributed by atoms with Crippen LogP contribution in [-0.4, -0.2) is 31.6 Å². The Morgan fingerprint density at radius 2 is 2.10 bits per heavy atom. The van der Waals surface area contributed by atoms with Gasteiger partial charge in [-0.2, -0.15) is 0 Å². The van der Waals surface area contributed by atoms with Crippen LogP contribution in [0.2, 0.25) is 0 Å². The quantitative estimate of drug-likeness (QED) is 0.786. The second kappa shape index (κ2) is 7.14. The van der Waals surface area contributed by atoms with E-state index in [1.54, 1.807) is 12.1 Å². The van der Waals surface area contributed by atoms with E-state index in [-0.39, 0.29) is 6.04 Å². The van der Waals surface area contributed by atoms with Crippen LogP contribution in [0.5, 0.6) is 0 Å². The van der Waals surface area contributed by atoms with E-state index in [2.05, 4.69) is 24.2 Å². The van der Waals surface area contributed by atoms with Crippen molar-refractivity contribution in [3.63, 3.8) is 0 Å². The van der Waals surface area contributed by atoms with E-state index in [1.807, 2.05) is 0 Å². The van der Waals surface area contributed by atoms with Gasteiger partial charge in [-0.1, -0.05) is 19.1 Å². The molecule has 1 saturated carbocycles. The predicted octanol–water partition coefficient (Wildman–Crippen LogP) is 3.35. The van der Waals surface area contributed by atoms with Gasteiger partial charge in [0, 0.05) is 24.7 Å². The lowest BCUT2D eigenvalue weighted by Crippen LogP contribution is -2.35. The van der Waals surface area contributed by atoms with Gasteiger partial charge in [0.25, 0.3) is 0 Å². The number of halogens is 2. The molecule has 1 N–H and O–H groups in total. The molecular weight excluding hydrogens is 258 g/mol. The SMILES string of the molecule is CCCNC(CN(C)CC1CC1)c1cccc(F)c1F. The summed E-state index contributed by atoms with van der Waals surface area (Å²) < 4.78 is 27.4. The van der Waals surface area contributed by atoms with E-state index in [1.165, 1.54) is 18.9 Å². The molecule has 0 aliphatic heterocycles. The minimum absolute atomic E-state index is 0.158. The molecular formula is C16H24F2N2. The molecule has 4 heteroatoms. The van der Waals surface area contributed by atoms with Crippen molar-refractivity contribution in [1.82, 2.24) is 10.2 Å². The van der Waals surface area contributed by atoms with E-state index >= 15 is 0 Å². The van der Waals surface area contributed by atoms with E-state index in [9.17, 15) is 8.78 Å². The summed E-state index contributed by atoms with van der Waals surface area (Å²) in [5.74, 6) is -0.694. The van der Waals surface area contributed by atoms with Crippen molar-refractivity contribution < 1.29 is 8.78 Å². The van der Waals surface area contributed by atoms with Crippen molar-refractivity contribution in [2.75, 3.05) is 26.7 Å². The number of likely N-dealkylation sites (N-methyl/N-ethyl adjacent to an activating group) is 1. The molecule has 112 valence electrons. The maximum atomic E-state index is 14.0. The lowest BCUT2D eigenvalue weighted by atomic mass is 10.0. The van der Waals surface area contributed by atoms with Gasteiger partial charge in [0.15, 0.2) is 11.6 Å². The van der Waals surface area contributed by atoms with Crippen LogP contribution in [0, 0.1) is 17.6 Å². The Morgan fingerprint density at radius 3 is 2.75 bits per heavy atom. The highest BCUT2D eigenvalue weighted by Crippen LogP contribution is 2.30. The third-order valence-electron chi connectivity index (χ3n) is 3.76. The fraction of sp³-hybridized carbons (Fsp3) is 0.625. The highest BCUT2D eigenvalue weighted by atomic mass is 19.2. The fourth-order valence-corrected chi connectivity index (χ4v) is 2.51. The van der Waals surface area contributed by atoms with Crippen LogP contribution in [0.3, 0.4) is 0 Å². The molecule has 0 saturated heterocycles. The maximum absolute atomic E-state index is 14.0. The van der Waals surface area contributed by atoms with Crippen LogP contribution in [0.1, 0.15) is 37.8 Å². The van der Waals surface area contributed by atoms with Crippen molar-refractivity contribution in [3.05, 3.63) is 35.4 Å². The van der Waals surface area contributed by atoms with Gasteiger partial charge in [-0.15, -0.1) is 0 Å². The predicted molar refractivity (Wildman–Crippen MR) is 77.6 cm³/mol. The topological polar surface area (TPSA) is 15.3 Å². The lowest BCUT2D eigenvalue weighted by Gasteiger charge is -2.26. The Balaban J connectivity index is 2.06. The molecule has 0 radical (unpaired) electrons. The van der Waals surface area contributed by atoms with Crippen molar-refractivity contribution in [2.45, 2.75) is 32.2 Å². The number of nitrogens with one attached hydrogen (secondary N) is 1. The summed E-state index contributed by atoms with van der Waals surface area (Å²) in [5.41, 5.74) is 0.432. The van der Waals surface area contributed by atoms with Gasteiger partial charge >= 0.3 is 0 Å². The number of hydrogen-bond acceptors (Lipinski definition) is 2. The molecule has 2 rings (SSSR count). The molecule has 1 aliphatic carbocycles. The third kappa shape index (κ3) is 4.25. The van der Waals surface area contributed by atoms with Crippen molar-refractivity contribution in [2.24, 2.45) is 5.92 Å².